The third-order valence-electron chi connectivity index (χ3n) is 7.09. The molecule has 1 aromatic heterocycles. The van der Waals surface area contributed by atoms with Gasteiger partial charge in [-0.2, -0.15) is 0 Å². The van der Waals surface area contributed by atoms with Crippen LogP contribution in [0.15, 0.2) is 15.3 Å². The van der Waals surface area contributed by atoms with Gasteiger partial charge in [-0.1, -0.05) is 20.8 Å². The molecule has 0 spiro atoms. The van der Waals surface area contributed by atoms with E-state index < -0.39 is 52.8 Å². The van der Waals surface area contributed by atoms with Crippen molar-refractivity contribution < 1.29 is 28.9 Å². The summed E-state index contributed by atoms with van der Waals surface area (Å²) >= 11 is 0. The van der Waals surface area contributed by atoms with Crippen LogP contribution in [0.1, 0.15) is 56.6 Å². The molecule has 0 radical (unpaired) electrons. The number of carbonyl (C=O) groups excluding carboxylic acids is 1. The second-order valence-corrected chi connectivity index (χ2v) is 8.74. The summed E-state index contributed by atoms with van der Waals surface area (Å²) in [5.74, 6) is -0.739. The van der Waals surface area contributed by atoms with Gasteiger partial charge in [0.25, 0.3) is 0 Å². The van der Waals surface area contributed by atoms with Crippen molar-refractivity contribution >= 4 is 5.97 Å². The summed E-state index contributed by atoms with van der Waals surface area (Å²) in [5.41, 5.74) is -1.25. The number of rotatable bonds is 1. The number of hydrogen-bond donors (Lipinski definition) is 2. The Hall–Kier alpha value is -1.70. The van der Waals surface area contributed by atoms with Crippen LogP contribution in [-0.4, -0.2) is 40.6 Å². The number of epoxide rings is 1. The van der Waals surface area contributed by atoms with Gasteiger partial charge in [0, 0.05) is 28.9 Å². The van der Waals surface area contributed by atoms with Gasteiger partial charge in [-0.05, 0) is 12.5 Å². The van der Waals surface area contributed by atoms with Crippen molar-refractivity contribution in [1.82, 2.24) is 0 Å². The highest BCUT2D eigenvalue weighted by Gasteiger charge is 2.79. The maximum Gasteiger partial charge on any atom is 0.336 e. The minimum atomic E-state index is -1.19. The number of carbonyl (C=O) groups is 1. The summed E-state index contributed by atoms with van der Waals surface area (Å²) in [5, 5.41) is 21.8. The molecule has 2 saturated heterocycles. The highest BCUT2D eigenvalue weighted by atomic mass is 16.6. The first-order valence-electron chi connectivity index (χ1n) is 9.04. The van der Waals surface area contributed by atoms with Gasteiger partial charge in [0.2, 0.25) is 0 Å². The van der Waals surface area contributed by atoms with Crippen LogP contribution in [0.2, 0.25) is 0 Å². The van der Waals surface area contributed by atoms with Crippen molar-refractivity contribution in [2.45, 2.75) is 69.5 Å². The van der Waals surface area contributed by atoms with Gasteiger partial charge >= 0.3 is 11.6 Å². The lowest BCUT2D eigenvalue weighted by molar-refractivity contribution is -0.156. The average molecular weight is 362 g/mol. The number of esters is 1. The zero-order valence-corrected chi connectivity index (χ0v) is 15.1. The van der Waals surface area contributed by atoms with E-state index in [1.807, 2.05) is 20.8 Å². The maximum absolute atomic E-state index is 12.7. The summed E-state index contributed by atoms with van der Waals surface area (Å²) in [7, 11) is 0. The predicted molar refractivity (Wildman–Crippen MR) is 87.5 cm³/mol. The standard InChI is InChI=1S/C19H22O7/c1-6(2)11-9-7(5-8(20)24-11)18(3)14-12(10(9)21)26-17(23)19(14,4)15(22)13-16(18)25-13/h5-6,10,12-16,21-22H,1-4H3/t10?,12-,13?,14-,15?,16?,18-,19-/m1/s1. The van der Waals surface area contributed by atoms with E-state index in [0.717, 1.165) is 0 Å². The van der Waals surface area contributed by atoms with Crippen molar-refractivity contribution in [3.8, 4) is 0 Å². The maximum atomic E-state index is 12.7. The molecule has 26 heavy (non-hydrogen) atoms. The van der Waals surface area contributed by atoms with E-state index in [4.69, 9.17) is 13.9 Å². The van der Waals surface area contributed by atoms with Crippen molar-refractivity contribution in [2.24, 2.45) is 11.3 Å². The molecule has 0 aromatic carbocycles. The van der Waals surface area contributed by atoms with E-state index in [9.17, 15) is 19.8 Å². The minimum absolute atomic E-state index is 0.124. The molecule has 7 heteroatoms. The Kier molecular flexibility index (Phi) is 2.90. The molecule has 3 fully saturated rings. The lowest BCUT2D eigenvalue weighted by atomic mass is 9.48. The largest absolute Gasteiger partial charge is 0.458 e. The van der Waals surface area contributed by atoms with Gasteiger partial charge in [-0.25, -0.2) is 4.79 Å². The van der Waals surface area contributed by atoms with Crippen LogP contribution >= 0.6 is 0 Å². The number of fused-ring (bicyclic) bond motifs is 4. The molecule has 140 valence electrons. The number of hydrogen-bond acceptors (Lipinski definition) is 7. The van der Waals surface area contributed by atoms with Crippen LogP contribution in [0, 0.1) is 11.3 Å². The van der Waals surface area contributed by atoms with E-state index in [0.29, 0.717) is 16.9 Å². The van der Waals surface area contributed by atoms with E-state index in [-0.39, 0.29) is 12.0 Å². The van der Waals surface area contributed by atoms with Crippen LogP contribution in [0.4, 0.5) is 0 Å². The molecule has 0 bridgehead atoms. The summed E-state index contributed by atoms with van der Waals surface area (Å²) in [6.07, 6.45) is -3.74. The molecule has 3 heterocycles. The van der Waals surface area contributed by atoms with Crippen LogP contribution in [0.25, 0.3) is 0 Å². The van der Waals surface area contributed by atoms with Crippen LogP contribution in [0.5, 0.6) is 0 Å². The fourth-order valence-corrected chi connectivity index (χ4v) is 5.85. The lowest BCUT2D eigenvalue weighted by Crippen LogP contribution is -2.62. The summed E-state index contributed by atoms with van der Waals surface area (Å²) in [6.45, 7) is 7.38. The summed E-state index contributed by atoms with van der Waals surface area (Å²) in [6, 6.07) is 1.40. The first kappa shape index (κ1) is 16.5. The molecule has 2 N–H and O–H groups in total. The normalized spacial score (nSPS) is 47.9. The van der Waals surface area contributed by atoms with Gasteiger partial charge in [-0.15, -0.1) is 0 Å². The SMILES string of the molecule is CC(C)c1oc(=O)cc2c1C(O)[C@H]1OC(=O)[C@@]3(C)C(O)C4OC4[C@@]2(C)[C@@H]13. The molecule has 2 aliphatic carbocycles. The average Bonchev–Trinajstić information content (AvgIpc) is 3.33. The third kappa shape index (κ3) is 1.57. The summed E-state index contributed by atoms with van der Waals surface area (Å²) < 4.78 is 16.8. The molecular formula is C19H22O7. The Bertz CT molecular complexity index is 888. The number of ether oxygens (including phenoxy) is 2. The molecule has 7 nitrogen and oxygen atoms in total. The second kappa shape index (κ2) is 4.58. The Morgan fingerprint density at radius 2 is 1.81 bits per heavy atom. The minimum Gasteiger partial charge on any atom is -0.458 e. The van der Waals surface area contributed by atoms with Crippen molar-refractivity contribution in [3.05, 3.63) is 33.4 Å². The molecule has 8 atom stereocenters. The van der Waals surface area contributed by atoms with E-state index in [1.165, 1.54) is 6.07 Å². The number of aliphatic hydroxyl groups excluding tert-OH is 2. The molecule has 0 amide bonds. The monoisotopic (exact) mass is 362 g/mol. The first-order chi connectivity index (χ1) is 12.1. The zero-order valence-electron chi connectivity index (χ0n) is 15.1. The van der Waals surface area contributed by atoms with Crippen molar-refractivity contribution in [1.29, 1.82) is 0 Å². The molecule has 4 aliphatic rings. The third-order valence-corrected chi connectivity index (χ3v) is 7.09. The van der Waals surface area contributed by atoms with Crippen LogP contribution < -0.4 is 5.63 Å². The molecule has 1 saturated carbocycles. The predicted octanol–water partition coefficient (Wildman–Crippen LogP) is 0.758. The highest BCUT2D eigenvalue weighted by molar-refractivity contribution is 5.82. The van der Waals surface area contributed by atoms with E-state index in [1.54, 1.807) is 6.92 Å². The van der Waals surface area contributed by atoms with Crippen molar-refractivity contribution in [2.75, 3.05) is 0 Å². The first-order valence-corrected chi connectivity index (χ1v) is 9.04. The van der Waals surface area contributed by atoms with E-state index >= 15 is 0 Å². The van der Waals surface area contributed by atoms with Crippen molar-refractivity contribution in [3.63, 3.8) is 0 Å². The van der Waals surface area contributed by atoms with Crippen LogP contribution in [0.3, 0.4) is 0 Å². The van der Waals surface area contributed by atoms with Gasteiger partial charge in [0.15, 0.2) is 0 Å². The second-order valence-electron chi connectivity index (χ2n) is 8.74. The fraction of sp³-hybridized carbons (Fsp3) is 0.684. The van der Waals surface area contributed by atoms with Gasteiger partial charge in [-0.3, -0.25) is 4.79 Å². The molecule has 2 aliphatic heterocycles. The smallest absolute Gasteiger partial charge is 0.336 e. The molecule has 4 unspecified atom stereocenters. The lowest BCUT2D eigenvalue weighted by Gasteiger charge is -2.51. The molecular weight excluding hydrogens is 340 g/mol. The number of aliphatic hydroxyl groups is 2. The van der Waals surface area contributed by atoms with Gasteiger partial charge in [0.05, 0.1) is 12.2 Å². The topological polar surface area (TPSA) is 110 Å². The Morgan fingerprint density at radius 3 is 2.46 bits per heavy atom. The highest BCUT2D eigenvalue weighted by Crippen LogP contribution is 2.68. The Balaban J connectivity index is 1.85. The molecule has 5 rings (SSSR count). The van der Waals surface area contributed by atoms with E-state index in [2.05, 4.69) is 0 Å². The van der Waals surface area contributed by atoms with Gasteiger partial charge in [0.1, 0.15) is 29.5 Å². The quantitative estimate of drug-likeness (QED) is 0.560. The zero-order chi connectivity index (χ0) is 18.8. The summed E-state index contributed by atoms with van der Waals surface area (Å²) in [4.78, 5) is 25.0. The molecule has 1 aromatic rings. The Morgan fingerprint density at radius 1 is 1.12 bits per heavy atom. The Labute approximate surface area is 149 Å². The fourth-order valence-electron chi connectivity index (χ4n) is 5.85. The van der Waals surface area contributed by atoms with Crippen LogP contribution in [-0.2, 0) is 19.7 Å². The van der Waals surface area contributed by atoms with Gasteiger partial charge < -0.3 is 24.1 Å².